The van der Waals surface area contributed by atoms with Gasteiger partial charge in [0.25, 0.3) is 11.1 Å². The van der Waals surface area contributed by atoms with Crippen LogP contribution in [0, 0.1) is 0 Å². The van der Waals surface area contributed by atoms with Gasteiger partial charge in [-0.15, -0.1) is 0 Å². The van der Waals surface area contributed by atoms with Crippen LogP contribution in [0.3, 0.4) is 0 Å². The Labute approximate surface area is 197 Å². The fraction of sp³-hybridized carbons (Fsp3) is 0.400. The maximum atomic E-state index is 12.7. The quantitative estimate of drug-likeness (QED) is 0.408. The van der Waals surface area contributed by atoms with Gasteiger partial charge in [-0.2, -0.15) is 0 Å². The van der Waals surface area contributed by atoms with Gasteiger partial charge < -0.3 is 14.4 Å². The number of benzene rings is 1. The molecule has 0 aromatic heterocycles. The number of imide groups is 1. The van der Waals surface area contributed by atoms with Gasteiger partial charge in [0.1, 0.15) is 6.54 Å². The second-order valence-corrected chi connectivity index (χ2v) is 9.14. The number of carbonyl (C=O) groups is 4. The molecule has 2 aliphatic rings. The molecule has 0 N–H and O–H groups in total. The van der Waals surface area contributed by atoms with Crippen LogP contribution in [0.15, 0.2) is 21.5 Å². The number of methoxy groups -OCH3 is 1. The predicted molar refractivity (Wildman–Crippen MR) is 120 cm³/mol. The number of likely N-dealkylation sites (tertiary alicyclic amines) is 1. The minimum Gasteiger partial charge on any atom is -0.479 e. The van der Waals surface area contributed by atoms with Crippen LogP contribution in [0.2, 0.25) is 5.02 Å². The van der Waals surface area contributed by atoms with Gasteiger partial charge in [0, 0.05) is 13.1 Å². The van der Waals surface area contributed by atoms with Crippen molar-refractivity contribution in [2.45, 2.75) is 19.3 Å². The molecule has 0 aliphatic carbocycles. The van der Waals surface area contributed by atoms with Gasteiger partial charge in [-0.25, -0.2) is 4.79 Å². The number of esters is 1. The number of halogens is 2. The van der Waals surface area contributed by atoms with Gasteiger partial charge >= 0.3 is 5.97 Å². The van der Waals surface area contributed by atoms with Crippen molar-refractivity contribution >= 4 is 68.4 Å². The summed E-state index contributed by atoms with van der Waals surface area (Å²) >= 11 is 10.3. The minimum atomic E-state index is -0.556. The summed E-state index contributed by atoms with van der Waals surface area (Å²) in [5.74, 6) is -1.04. The molecule has 0 saturated carbocycles. The molecule has 0 unspecified atom stereocenters. The topological polar surface area (TPSA) is 93.2 Å². The highest BCUT2D eigenvalue weighted by atomic mass is 79.9. The van der Waals surface area contributed by atoms with Gasteiger partial charge in [-0.05, 0) is 70.7 Å². The first-order valence-electron chi connectivity index (χ1n) is 9.52. The number of hydrogen-bond acceptors (Lipinski definition) is 7. The van der Waals surface area contributed by atoms with E-state index < -0.39 is 17.1 Å². The smallest absolute Gasteiger partial charge is 0.343 e. The van der Waals surface area contributed by atoms with Crippen molar-refractivity contribution in [2.24, 2.45) is 0 Å². The van der Waals surface area contributed by atoms with E-state index in [-0.39, 0.29) is 34.7 Å². The number of rotatable bonds is 6. The Kier molecular flexibility index (Phi) is 8.01. The molecular weight excluding hydrogens is 512 g/mol. The molecule has 2 fully saturated rings. The molecule has 0 atom stereocenters. The van der Waals surface area contributed by atoms with Gasteiger partial charge in [0.2, 0.25) is 5.91 Å². The molecular formula is C20H20BrClN2O6S. The van der Waals surface area contributed by atoms with E-state index in [2.05, 4.69) is 20.7 Å². The van der Waals surface area contributed by atoms with E-state index in [9.17, 15) is 19.2 Å². The molecule has 0 bridgehead atoms. The Morgan fingerprint density at radius 2 is 1.94 bits per heavy atom. The number of ether oxygens (including phenoxy) is 2. The Bertz CT molecular complexity index is 925. The highest BCUT2D eigenvalue weighted by Gasteiger charge is 2.37. The van der Waals surface area contributed by atoms with Crippen LogP contribution < -0.4 is 4.74 Å². The summed E-state index contributed by atoms with van der Waals surface area (Å²) in [6, 6.07) is 3.19. The maximum absolute atomic E-state index is 12.7. The molecule has 31 heavy (non-hydrogen) atoms. The third-order valence-corrected chi connectivity index (χ3v) is 6.53. The summed E-state index contributed by atoms with van der Waals surface area (Å²) < 4.78 is 10.3. The third kappa shape index (κ3) is 5.81. The van der Waals surface area contributed by atoms with Crippen LogP contribution in [-0.2, 0) is 19.1 Å². The normalized spacial score (nSPS) is 18.0. The molecule has 11 heteroatoms. The number of carbonyl (C=O) groups excluding carboxylic acids is 4. The fourth-order valence-corrected chi connectivity index (χ4v) is 4.98. The Morgan fingerprint density at radius 3 is 2.58 bits per heavy atom. The second-order valence-electron chi connectivity index (χ2n) is 6.89. The molecule has 166 valence electrons. The fourth-order valence-electron chi connectivity index (χ4n) is 3.16. The van der Waals surface area contributed by atoms with Crippen molar-refractivity contribution in [3.8, 4) is 5.75 Å². The minimum absolute atomic E-state index is 0.197. The lowest BCUT2D eigenvalue weighted by Gasteiger charge is -2.27. The average molecular weight is 532 g/mol. The number of hydrogen-bond donors (Lipinski definition) is 0. The van der Waals surface area contributed by atoms with Crippen LogP contribution in [-0.4, -0.2) is 66.2 Å². The zero-order valence-electron chi connectivity index (χ0n) is 16.7. The molecule has 0 radical (unpaired) electrons. The first kappa shape index (κ1) is 23.6. The van der Waals surface area contributed by atoms with Crippen LogP contribution in [0.25, 0.3) is 6.08 Å². The summed E-state index contributed by atoms with van der Waals surface area (Å²) in [6.45, 7) is 0.745. The number of piperidine rings is 1. The molecule has 1 aromatic carbocycles. The van der Waals surface area contributed by atoms with E-state index in [4.69, 9.17) is 16.3 Å². The molecule has 2 heterocycles. The Hall–Kier alpha value is -2.04. The van der Waals surface area contributed by atoms with Crippen molar-refractivity contribution < 1.29 is 28.7 Å². The summed E-state index contributed by atoms with van der Waals surface area (Å²) in [6.07, 6.45) is 4.47. The van der Waals surface area contributed by atoms with Crippen LogP contribution >= 0.6 is 39.3 Å². The first-order valence-corrected chi connectivity index (χ1v) is 11.5. The zero-order chi connectivity index (χ0) is 22.5. The number of amides is 3. The van der Waals surface area contributed by atoms with Gasteiger partial charge in [0.05, 0.1) is 21.5 Å². The van der Waals surface area contributed by atoms with E-state index in [0.29, 0.717) is 23.1 Å². The van der Waals surface area contributed by atoms with E-state index in [1.54, 1.807) is 17.0 Å². The van der Waals surface area contributed by atoms with Gasteiger partial charge in [-0.3, -0.25) is 19.3 Å². The molecule has 2 aliphatic heterocycles. The lowest BCUT2D eigenvalue weighted by molar-refractivity contribution is -0.143. The van der Waals surface area contributed by atoms with Gasteiger partial charge in [-0.1, -0.05) is 11.6 Å². The maximum Gasteiger partial charge on any atom is 0.343 e. The van der Waals surface area contributed by atoms with Crippen molar-refractivity contribution in [3.05, 3.63) is 32.1 Å². The number of nitrogens with zero attached hydrogens (tertiary/aromatic N) is 2. The standard InChI is InChI=1S/C20H20BrClN2O6S/c1-29-17(26)11-30-18-13(21)7-12(8-14(18)22)9-15-19(27)24(20(28)31-15)10-16(25)23-5-3-2-4-6-23/h7-9H,2-6,10-11H2,1H3/b15-9-. The molecule has 2 saturated heterocycles. The lowest BCUT2D eigenvalue weighted by Crippen LogP contribution is -2.44. The first-order chi connectivity index (χ1) is 14.8. The summed E-state index contributed by atoms with van der Waals surface area (Å²) in [4.78, 5) is 51.6. The lowest BCUT2D eigenvalue weighted by atomic mass is 10.1. The van der Waals surface area contributed by atoms with Crippen LogP contribution in [0.4, 0.5) is 4.79 Å². The molecule has 8 nitrogen and oxygen atoms in total. The molecule has 1 aromatic rings. The van der Waals surface area contributed by atoms with Crippen LogP contribution in [0.1, 0.15) is 24.8 Å². The number of thioether (sulfide) groups is 1. The molecule has 3 rings (SSSR count). The van der Waals surface area contributed by atoms with E-state index in [1.165, 1.54) is 13.2 Å². The molecule has 0 spiro atoms. The van der Waals surface area contributed by atoms with E-state index in [1.807, 2.05) is 0 Å². The summed E-state index contributed by atoms with van der Waals surface area (Å²) in [5.41, 5.74) is 0.551. The summed E-state index contributed by atoms with van der Waals surface area (Å²) in [7, 11) is 1.25. The van der Waals surface area contributed by atoms with Crippen molar-refractivity contribution in [1.29, 1.82) is 0 Å². The highest BCUT2D eigenvalue weighted by molar-refractivity contribution is 9.10. The van der Waals surface area contributed by atoms with Gasteiger partial charge in [0.15, 0.2) is 12.4 Å². The average Bonchev–Trinajstić information content (AvgIpc) is 3.00. The highest BCUT2D eigenvalue weighted by Crippen LogP contribution is 2.37. The Morgan fingerprint density at radius 1 is 1.23 bits per heavy atom. The summed E-state index contributed by atoms with van der Waals surface area (Å²) in [5, 5.41) is -0.270. The van der Waals surface area contributed by atoms with E-state index in [0.717, 1.165) is 35.9 Å². The SMILES string of the molecule is COC(=O)COc1c(Cl)cc(/C=C2\SC(=O)N(CC(=O)N3CCCCC3)C2=O)cc1Br. The molecule has 3 amide bonds. The monoisotopic (exact) mass is 530 g/mol. The Balaban J connectivity index is 1.71. The zero-order valence-corrected chi connectivity index (χ0v) is 19.8. The predicted octanol–water partition coefficient (Wildman–Crippen LogP) is 3.70. The van der Waals surface area contributed by atoms with Crippen LogP contribution in [0.5, 0.6) is 5.75 Å². The van der Waals surface area contributed by atoms with Crippen molar-refractivity contribution in [1.82, 2.24) is 9.80 Å². The largest absolute Gasteiger partial charge is 0.479 e. The second kappa shape index (κ2) is 10.5. The van der Waals surface area contributed by atoms with E-state index >= 15 is 0 Å². The third-order valence-electron chi connectivity index (χ3n) is 4.76. The van der Waals surface area contributed by atoms with Crippen molar-refractivity contribution in [3.63, 3.8) is 0 Å². The van der Waals surface area contributed by atoms with Crippen molar-refractivity contribution in [2.75, 3.05) is 33.4 Å².